The molecule has 0 amide bonds. The largest absolute Gasteiger partial charge is 0.423 e. The highest BCUT2D eigenvalue weighted by atomic mass is 16.5. The van der Waals surface area contributed by atoms with Crippen molar-refractivity contribution in [2.45, 2.75) is 19.8 Å². The third kappa shape index (κ3) is 2.64. The molecule has 0 aliphatic carbocycles. The van der Waals surface area contributed by atoms with Crippen LogP contribution in [0.2, 0.25) is 0 Å². The van der Waals surface area contributed by atoms with E-state index in [1.807, 2.05) is 24.3 Å². The normalized spacial score (nSPS) is 14.4. The van der Waals surface area contributed by atoms with E-state index in [9.17, 15) is 4.79 Å². The number of fused-ring (bicyclic) bond motifs is 1. The van der Waals surface area contributed by atoms with Gasteiger partial charge in [-0.05, 0) is 31.9 Å². The van der Waals surface area contributed by atoms with Crippen LogP contribution in [0.3, 0.4) is 0 Å². The number of hydrogen-bond acceptors (Lipinski definition) is 3. The Morgan fingerprint density at radius 3 is 2.43 bits per heavy atom. The van der Waals surface area contributed by atoms with Crippen molar-refractivity contribution in [2.24, 2.45) is 0 Å². The maximum absolute atomic E-state index is 11.8. The van der Waals surface area contributed by atoms with Crippen molar-refractivity contribution in [3.05, 3.63) is 48.6 Å². The number of nitrogens with zero attached hydrogens (tertiary/aromatic N) is 1. The van der Waals surface area contributed by atoms with Crippen molar-refractivity contribution in [1.82, 2.24) is 0 Å². The number of esters is 1. The van der Waals surface area contributed by atoms with Crippen LogP contribution in [0, 0.1) is 0 Å². The Bertz CT molecular complexity index is 699. The number of hydrogen-bond donors (Lipinski definition) is 0. The molecule has 21 heavy (non-hydrogen) atoms. The molecule has 0 unspecified atom stereocenters. The predicted octanol–water partition coefficient (Wildman–Crippen LogP) is 3.92. The van der Waals surface area contributed by atoms with Crippen molar-refractivity contribution in [3.63, 3.8) is 0 Å². The van der Waals surface area contributed by atoms with Gasteiger partial charge in [0.05, 0.1) is 0 Å². The molecule has 0 bridgehead atoms. The molecule has 3 rings (SSSR count). The molecular formula is C18H19NO2. The summed E-state index contributed by atoms with van der Waals surface area (Å²) in [6, 6.07) is 12.0. The Balaban J connectivity index is 2.06. The van der Waals surface area contributed by atoms with Gasteiger partial charge < -0.3 is 9.64 Å². The zero-order valence-corrected chi connectivity index (χ0v) is 12.3. The summed E-state index contributed by atoms with van der Waals surface area (Å²) in [4.78, 5) is 14.2. The van der Waals surface area contributed by atoms with E-state index in [2.05, 4.69) is 23.6 Å². The van der Waals surface area contributed by atoms with Crippen LogP contribution >= 0.6 is 0 Å². The third-order valence-corrected chi connectivity index (χ3v) is 3.86. The van der Waals surface area contributed by atoms with Crippen molar-refractivity contribution in [3.8, 4) is 5.75 Å². The Hall–Kier alpha value is -2.29. The second-order valence-electron chi connectivity index (χ2n) is 5.49. The molecule has 3 nitrogen and oxygen atoms in total. The zero-order valence-electron chi connectivity index (χ0n) is 12.3. The van der Waals surface area contributed by atoms with Gasteiger partial charge in [-0.25, -0.2) is 4.79 Å². The summed E-state index contributed by atoms with van der Waals surface area (Å²) in [5.74, 6) is 0.218. The first kappa shape index (κ1) is 13.7. The lowest BCUT2D eigenvalue weighted by Crippen LogP contribution is -2.18. The van der Waals surface area contributed by atoms with Crippen LogP contribution in [0.5, 0.6) is 5.75 Å². The van der Waals surface area contributed by atoms with Gasteiger partial charge in [-0.1, -0.05) is 30.8 Å². The molecule has 3 heteroatoms. The fraction of sp³-hybridized carbons (Fsp3) is 0.278. The quantitative estimate of drug-likeness (QED) is 0.485. The summed E-state index contributed by atoms with van der Waals surface area (Å²) in [7, 11) is 0. The van der Waals surface area contributed by atoms with Gasteiger partial charge in [-0.15, -0.1) is 0 Å². The highest BCUT2D eigenvalue weighted by Crippen LogP contribution is 2.35. The van der Waals surface area contributed by atoms with E-state index in [1.165, 1.54) is 18.5 Å². The van der Waals surface area contributed by atoms with Gasteiger partial charge in [0.15, 0.2) is 0 Å². The van der Waals surface area contributed by atoms with Crippen LogP contribution in [0.1, 0.15) is 19.8 Å². The molecule has 108 valence electrons. The van der Waals surface area contributed by atoms with E-state index in [1.54, 1.807) is 6.92 Å². The summed E-state index contributed by atoms with van der Waals surface area (Å²) in [6.07, 6.45) is 2.47. The van der Waals surface area contributed by atoms with E-state index in [4.69, 9.17) is 4.74 Å². The Labute approximate surface area is 124 Å². The maximum atomic E-state index is 11.8. The molecule has 2 aromatic carbocycles. The number of benzene rings is 2. The van der Waals surface area contributed by atoms with E-state index in [-0.39, 0.29) is 5.97 Å². The molecule has 1 fully saturated rings. The molecule has 0 radical (unpaired) electrons. The topological polar surface area (TPSA) is 29.5 Å². The first-order valence-electron chi connectivity index (χ1n) is 7.31. The van der Waals surface area contributed by atoms with Crippen molar-refractivity contribution >= 4 is 22.4 Å². The van der Waals surface area contributed by atoms with Crippen LogP contribution in [-0.2, 0) is 4.79 Å². The van der Waals surface area contributed by atoms with Crippen molar-refractivity contribution < 1.29 is 9.53 Å². The molecule has 1 saturated heterocycles. The lowest BCUT2D eigenvalue weighted by atomic mass is 10.1. The lowest BCUT2D eigenvalue weighted by molar-refractivity contribution is -0.129. The molecule has 0 atom stereocenters. The van der Waals surface area contributed by atoms with Crippen LogP contribution in [0.15, 0.2) is 48.6 Å². The minimum atomic E-state index is -0.380. The summed E-state index contributed by atoms with van der Waals surface area (Å²) in [5, 5.41) is 2.10. The average Bonchev–Trinajstić information content (AvgIpc) is 3.01. The summed E-state index contributed by atoms with van der Waals surface area (Å²) >= 11 is 0. The molecule has 0 saturated carbocycles. The Morgan fingerprint density at radius 1 is 1.10 bits per heavy atom. The van der Waals surface area contributed by atoms with Crippen LogP contribution in [0.25, 0.3) is 10.8 Å². The minimum Gasteiger partial charge on any atom is -0.423 e. The van der Waals surface area contributed by atoms with Crippen LogP contribution in [0.4, 0.5) is 5.69 Å². The van der Waals surface area contributed by atoms with E-state index in [0.29, 0.717) is 11.3 Å². The summed E-state index contributed by atoms with van der Waals surface area (Å²) in [6.45, 7) is 7.47. The van der Waals surface area contributed by atoms with Crippen molar-refractivity contribution in [1.29, 1.82) is 0 Å². The first-order valence-corrected chi connectivity index (χ1v) is 7.31. The van der Waals surface area contributed by atoms with Crippen molar-refractivity contribution in [2.75, 3.05) is 18.0 Å². The number of rotatable bonds is 3. The number of carbonyl (C=O) groups excluding carboxylic acids is 1. The molecule has 1 aliphatic heterocycles. The SMILES string of the molecule is C=C(C)C(=O)Oc1ccc(N2CCCC2)c2ccccc12. The summed E-state index contributed by atoms with van der Waals surface area (Å²) in [5.41, 5.74) is 1.63. The fourth-order valence-corrected chi connectivity index (χ4v) is 2.77. The molecule has 0 aromatic heterocycles. The molecule has 0 N–H and O–H groups in total. The smallest absolute Gasteiger partial charge is 0.338 e. The second-order valence-corrected chi connectivity index (χ2v) is 5.49. The molecule has 1 heterocycles. The number of carbonyl (C=O) groups is 1. The zero-order chi connectivity index (χ0) is 14.8. The summed E-state index contributed by atoms with van der Waals surface area (Å²) < 4.78 is 5.45. The van der Waals surface area contributed by atoms with Gasteiger partial charge in [0.1, 0.15) is 5.75 Å². The van der Waals surface area contributed by atoms with E-state index < -0.39 is 0 Å². The number of anilines is 1. The van der Waals surface area contributed by atoms with Gasteiger partial charge in [0.2, 0.25) is 0 Å². The first-order chi connectivity index (χ1) is 10.2. The van der Waals surface area contributed by atoms with E-state index >= 15 is 0 Å². The molecule has 0 spiro atoms. The predicted molar refractivity (Wildman–Crippen MR) is 85.8 cm³/mol. The third-order valence-electron chi connectivity index (χ3n) is 3.86. The second kappa shape index (κ2) is 5.60. The van der Waals surface area contributed by atoms with Crippen LogP contribution < -0.4 is 9.64 Å². The number of ether oxygens (including phenoxy) is 1. The van der Waals surface area contributed by atoms with Gasteiger partial charge in [0.25, 0.3) is 0 Å². The van der Waals surface area contributed by atoms with E-state index in [0.717, 1.165) is 23.9 Å². The lowest BCUT2D eigenvalue weighted by Gasteiger charge is -2.21. The van der Waals surface area contributed by atoms with Gasteiger partial charge in [-0.3, -0.25) is 0 Å². The van der Waals surface area contributed by atoms with Gasteiger partial charge in [-0.2, -0.15) is 0 Å². The average molecular weight is 281 g/mol. The monoisotopic (exact) mass is 281 g/mol. The standard InChI is InChI=1S/C18H19NO2/c1-13(2)18(20)21-17-10-9-16(19-11-5-6-12-19)14-7-3-4-8-15(14)17/h3-4,7-10H,1,5-6,11-12H2,2H3. The highest BCUT2D eigenvalue weighted by molar-refractivity contribution is 6.00. The van der Waals surface area contributed by atoms with Gasteiger partial charge in [0, 0.05) is 35.1 Å². The van der Waals surface area contributed by atoms with Gasteiger partial charge >= 0.3 is 5.97 Å². The Kier molecular flexibility index (Phi) is 3.65. The Morgan fingerprint density at radius 2 is 1.76 bits per heavy atom. The molecular weight excluding hydrogens is 262 g/mol. The molecule has 1 aliphatic rings. The highest BCUT2D eigenvalue weighted by Gasteiger charge is 2.17. The maximum Gasteiger partial charge on any atom is 0.338 e. The molecule has 2 aromatic rings. The van der Waals surface area contributed by atoms with Crippen LogP contribution in [-0.4, -0.2) is 19.1 Å². The minimum absolute atomic E-state index is 0.380. The fourth-order valence-electron chi connectivity index (χ4n) is 2.77.